The van der Waals surface area contributed by atoms with Crippen LogP contribution in [-0.2, 0) is 16.0 Å². The van der Waals surface area contributed by atoms with E-state index in [1.807, 2.05) is 11.8 Å². The van der Waals surface area contributed by atoms with Crippen LogP contribution in [0.5, 0.6) is 11.8 Å². The van der Waals surface area contributed by atoms with Gasteiger partial charge in [0.25, 0.3) is 0 Å². The molecule has 2 aromatic carbocycles. The van der Waals surface area contributed by atoms with Gasteiger partial charge in [0.1, 0.15) is 34.2 Å². The zero-order chi connectivity index (χ0) is 37.1. The summed E-state index contributed by atoms with van der Waals surface area (Å²) < 4.78 is 44.5. The van der Waals surface area contributed by atoms with E-state index in [9.17, 15) is 15.0 Å². The zero-order valence-electron chi connectivity index (χ0n) is 30.6. The monoisotopic (exact) mass is 730 g/mol. The first-order valence-corrected chi connectivity index (χ1v) is 19.0. The number of aliphatic hydroxyl groups is 1. The summed E-state index contributed by atoms with van der Waals surface area (Å²) in [6, 6.07) is 6.87. The van der Waals surface area contributed by atoms with Crippen LogP contribution in [0.1, 0.15) is 71.3 Å². The van der Waals surface area contributed by atoms with E-state index in [-0.39, 0.29) is 59.0 Å². The summed E-state index contributed by atoms with van der Waals surface area (Å²) in [7, 11) is 0. The number of aromatic nitrogens is 3. The molecule has 8 rings (SSSR count). The highest BCUT2D eigenvalue weighted by atomic mass is 19.1. The SMILES string of the molecule is CCc1c(F)ccc2cc(O)cc(-c3ncc4c(N5CCOC[C@@](C)(O)C5)nc(OC[C@]56CCC[C@H]5N(C5CC(NC(C)=O)C5)CCC6)nc4c3F)c12. The fraction of sp³-hybridized carbons (Fsp3) is 0.550. The molecule has 4 fully saturated rings. The van der Waals surface area contributed by atoms with Gasteiger partial charge in [-0.15, -0.1) is 0 Å². The van der Waals surface area contributed by atoms with Crippen molar-refractivity contribution in [3.05, 3.63) is 47.7 Å². The average molecular weight is 731 g/mol. The number of carbonyl (C=O) groups excluding carboxylic acids is 1. The minimum Gasteiger partial charge on any atom is -0.508 e. The lowest BCUT2D eigenvalue weighted by molar-refractivity contribution is -0.121. The number of benzene rings is 2. The molecule has 53 heavy (non-hydrogen) atoms. The van der Waals surface area contributed by atoms with Crippen LogP contribution in [0.4, 0.5) is 14.6 Å². The number of β-amino-alcohol motifs (C(OH)–C–C–N with tert-alkyl or cyclic N) is 1. The van der Waals surface area contributed by atoms with E-state index in [4.69, 9.17) is 19.4 Å². The molecule has 11 nitrogen and oxygen atoms in total. The molecule has 0 bridgehead atoms. The number of aryl methyl sites for hydroxylation is 1. The normalized spacial score (nSPS) is 27.7. The predicted molar refractivity (Wildman–Crippen MR) is 197 cm³/mol. The molecule has 0 spiro atoms. The first-order valence-electron chi connectivity index (χ1n) is 19.0. The van der Waals surface area contributed by atoms with Crippen LogP contribution < -0.4 is 15.0 Å². The molecule has 2 saturated heterocycles. The van der Waals surface area contributed by atoms with Gasteiger partial charge in [0, 0.05) is 48.8 Å². The summed E-state index contributed by atoms with van der Waals surface area (Å²) in [5.74, 6) is -0.873. The van der Waals surface area contributed by atoms with Crippen LogP contribution in [0.15, 0.2) is 30.5 Å². The van der Waals surface area contributed by atoms with E-state index >= 15 is 8.78 Å². The molecule has 282 valence electrons. The Bertz CT molecular complexity index is 2060. The molecule has 13 heteroatoms. The molecule has 0 unspecified atom stereocenters. The molecule has 4 aliphatic rings. The lowest BCUT2D eigenvalue weighted by atomic mass is 9.73. The molecule has 4 heterocycles. The second-order valence-electron chi connectivity index (χ2n) is 15.9. The molecule has 3 atom stereocenters. The van der Waals surface area contributed by atoms with E-state index < -0.39 is 17.2 Å². The molecule has 0 radical (unpaired) electrons. The second-order valence-corrected chi connectivity index (χ2v) is 15.9. The van der Waals surface area contributed by atoms with Crippen molar-refractivity contribution in [3.8, 4) is 23.0 Å². The third-order valence-electron chi connectivity index (χ3n) is 12.0. The number of anilines is 1. The standard InChI is InChI=1S/C40H48F2N6O5/c1-4-28-31(41)9-8-24-15-27(50)18-29(33(24)28)35-34(42)36-30(19-43-35)37(47-13-14-52-21-39(3,51)20-47)46-38(45-36)53-22-40-10-5-7-32(40)48(12-6-11-40)26-16-25(17-26)44-23(2)49/h8-9,15,18-19,25-26,32,50-51H,4-7,10-14,16-17,20-22H2,1-3H3,(H,44,49)/t25?,26?,32-,39+,40-/m1/s1. The number of hydrogen-bond donors (Lipinski definition) is 3. The first kappa shape index (κ1) is 35.8. The highest BCUT2D eigenvalue weighted by Gasteiger charge is 2.52. The summed E-state index contributed by atoms with van der Waals surface area (Å²) >= 11 is 0. The molecule has 3 N–H and O–H groups in total. The smallest absolute Gasteiger partial charge is 0.319 e. The number of carbonyl (C=O) groups is 1. The molecule has 2 aliphatic carbocycles. The third-order valence-corrected chi connectivity index (χ3v) is 12.0. The Hall–Kier alpha value is -4.20. The molecule has 2 aliphatic heterocycles. The summed E-state index contributed by atoms with van der Waals surface area (Å²) in [5, 5.41) is 26.2. The average Bonchev–Trinajstić information content (AvgIpc) is 3.46. The van der Waals surface area contributed by atoms with Crippen molar-refractivity contribution < 1.29 is 33.3 Å². The van der Waals surface area contributed by atoms with E-state index in [1.54, 1.807) is 19.9 Å². The second kappa shape index (κ2) is 13.9. The van der Waals surface area contributed by atoms with Gasteiger partial charge in [-0.25, -0.2) is 8.78 Å². The summed E-state index contributed by atoms with van der Waals surface area (Å²) in [5.41, 5.74) is -0.734. The Labute approximate surface area is 307 Å². The van der Waals surface area contributed by atoms with Crippen LogP contribution >= 0.6 is 0 Å². The van der Waals surface area contributed by atoms with E-state index in [0.29, 0.717) is 65.8 Å². The maximum atomic E-state index is 17.1. The van der Waals surface area contributed by atoms with Gasteiger partial charge in [-0.05, 0) is 92.9 Å². The predicted octanol–water partition coefficient (Wildman–Crippen LogP) is 5.66. The molecule has 1 amide bonds. The van der Waals surface area contributed by atoms with E-state index in [1.165, 1.54) is 24.4 Å². The highest BCUT2D eigenvalue weighted by Crippen LogP contribution is 2.50. The summed E-state index contributed by atoms with van der Waals surface area (Å²) in [4.78, 5) is 30.2. The maximum absolute atomic E-state index is 17.1. The number of hydrogen-bond acceptors (Lipinski definition) is 10. The summed E-state index contributed by atoms with van der Waals surface area (Å²) in [6.07, 6.45) is 8.96. The number of phenols is 1. The van der Waals surface area contributed by atoms with Crippen LogP contribution in [0, 0.1) is 17.0 Å². The minimum atomic E-state index is -1.19. The van der Waals surface area contributed by atoms with Crippen molar-refractivity contribution in [3.63, 3.8) is 0 Å². The number of nitrogens with one attached hydrogen (secondary N) is 1. The van der Waals surface area contributed by atoms with Gasteiger partial charge in [-0.2, -0.15) is 9.97 Å². The molecular formula is C40H48F2N6O5. The number of amides is 1. The maximum Gasteiger partial charge on any atom is 0.319 e. The zero-order valence-corrected chi connectivity index (χ0v) is 30.6. The van der Waals surface area contributed by atoms with Crippen LogP contribution in [-0.4, -0.2) is 99.2 Å². The van der Waals surface area contributed by atoms with Crippen molar-refractivity contribution >= 4 is 33.4 Å². The fourth-order valence-electron chi connectivity index (χ4n) is 9.58. The Morgan fingerprint density at radius 2 is 1.96 bits per heavy atom. The topological polar surface area (TPSA) is 133 Å². The van der Waals surface area contributed by atoms with Gasteiger partial charge in [0.2, 0.25) is 5.91 Å². The number of rotatable bonds is 8. The minimum absolute atomic E-state index is 0.0102. The number of fused-ring (bicyclic) bond motifs is 3. The lowest BCUT2D eigenvalue weighted by Gasteiger charge is -2.53. The van der Waals surface area contributed by atoms with E-state index in [0.717, 1.165) is 51.5 Å². The van der Waals surface area contributed by atoms with Crippen LogP contribution in [0.3, 0.4) is 0 Å². The van der Waals surface area contributed by atoms with Gasteiger partial charge in [-0.3, -0.25) is 14.7 Å². The van der Waals surface area contributed by atoms with Crippen molar-refractivity contribution in [2.45, 2.75) is 95.9 Å². The van der Waals surface area contributed by atoms with Gasteiger partial charge >= 0.3 is 6.01 Å². The van der Waals surface area contributed by atoms with Gasteiger partial charge in [-0.1, -0.05) is 19.4 Å². The fourth-order valence-corrected chi connectivity index (χ4v) is 9.58. The Balaban J connectivity index is 1.18. The summed E-state index contributed by atoms with van der Waals surface area (Å²) in [6.45, 7) is 7.52. The van der Waals surface area contributed by atoms with E-state index in [2.05, 4.69) is 15.2 Å². The number of nitrogens with zero attached hydrogens (tertiary/aromatic N) is 5. The van der Waals surface area contributed by atoms with Crippen molar-refractivity contribution in [2.75, 3.05) is 44.4 Å². The largest absolute Gasteiger partial charge is 0.508 e. The van der Waals surface area contributed by atoms with Gasteiger partial charge in [0.15, 0.2) is 5.82 Å². The van der Waals surface area contributed by atoms with Crippen LogP contribution in [0.25, 0.3) is 32.9 Å². The van der Waals surface area contributed by atoms with Crippen molar-refractivity contribution in [1.29, 1.82) is 0 Å². The third kappa shape index (κ3) is 6.65. The van der Waals surface area contributed by atoms with Crippen molar-refractivity contribution in [2.24, 2.45) is 5.41 Å². The number of aromatic hydroxyl groups is 1. The van der Waals surface area contributed by atoms with Gasteiger partial charge < -0.3 is 29.9 Å². The first-order chi connectivity index (χ1) is 25.4. The van der Waals surface area contributed by atoms with Crippen molar-refractivity contribution in [1.82, 2.24) is 25.2 Å². The Morgan fingerprint density at radius 3 is 2.75 bits per heavy atom. The Kier molecular flexibility index (Phi) is 9.39. The lowest BCUT2D eigenvalue weighted by Crippen LogP contribution is -2.61. The highest BCUT2D eigenvalue weighted by molar-refractivity contribution is 6.01. The number of pyridine rings is 1. The molecule has 4 aromatic rings. The number of phenolic OH excluding ortho intramolecular Hbond substituents is 1. The number of piperidine rings is 1. The van der Waals surface area contributed by atoms with Gasteiger partial charge in [0.05, 0.1) is 31.8 Å². The quantitative estimate of drug-likeness (QED) is 0.209. The molecule has 2 saturated carbocycles. The number of likely N-dealkylation sites (tertiary alicyclic amines) is 1. The molecular weight excluding hydrogens is 682 g/mol. The number of halogens is 2. The van der Waals surface area contributed by atoms with Crippen LogP contribution in [0.2, 0.25) is 0 Å². The number of ether oxygens (including phenoxy) is 2. The molecule has 2 aromatic heterocycles. The Morgan fingerprint density at radius 1 is 1.15 bits per heavy atom.